The lowest BCUT2D eigenvalue weighted by Gasteiger charge is -2.15. The largest absolute Gasteiger partial charge is 0.490 e. The fourth-order valence-electron chi connectivity index (χ4n) is 2.65. The summed E-state index contributed by atoms with van der Waals surface area (Å²) >= 11 is 0. The van der Waals surface area contributed by atoms with Gasteiger partial charge in [0.05, 0.1) is 12.0 Å². The normalized spacial score (nSPS) is 11.7. The summed E-state index contributed by atoms with van der Waals surface area (Å²) in [5.41, 5.74) is -2.31. The summed E-state index contributed by atoms with van der Waals surface area (Å²) in [5, 5.41) is 8.51. The van der Waals surface area contributed by atoms with Crippen LogP contribution in [0.15, 0.2) is 47.4 Å². The molecule has 1 aromatic heterocycles. The molecule has 0 unspecified atom stereocenters. The average molecular weight is 503 g/mol. The number of aromatic nitrogens is 2. The number of methoxy groups -OCH3 is 1. The molecule has 2 aromatic carbocycles. The van der Waals surface area contributed by atoms with Crippen molar-refractivity contribution >= 4 is 21.4 Å². The highest BCUT2D eigenvalue weighted by Gasteiger charge is 2.35. The molecule has 0 radical (unpaired) electrons. The van der Waals surface area contributed by atoms with E-state index in [0.29, 0.717) is 12.1 Å². The Labute approximate surface area is 189 Å². The van der Waals surface area contributed by atoms with Gasteiger partial charge in [-0.2, -0.15) is 17.6 Å². The van der Waals surface area contributed by atoms with Crippen LogP contribution in [-0.2, 0) is 16.0 Å². The van der Waals surface area contributed by atoms with Crippen molar-refractivity contribution in [1.29, 1.82) is 0 Å². The first-order valence-corrected chi connectivity index (χ1v) is 11.0. The number of sulfone groups is 1. The van der Waals surface area contributed by atoms with Crippen molar-refractivity contribution < 1.29 is 44.6 Å². The molecule has 3 rings (SSSR count). The first kappa shape index (κ1) is 24.8. The Bertz CT molecular complexity index is 1360. The highest BCUT2D eigenvalue weighted by molar-refractivity contribution is 7.90. The summed E-state index contributed by atoms with van der Waals surface area (Å²) in [6, 6.07) is 6.90. The summed E-state index contributed by atoms with van der Waals surface area (Å²) in [6.45, 7) is 0. The predicted molar refractivity (Wildman–Crippen MR) is 108 cm³/mol. The lowest BCUT2D eigenvalue weighted by Crippen LogP contribution is -2.18. The third-order valence-corrected chi connectivity index (χ3v) is 5.33. The van der Waals surface area contributed by atoms with Crippen LogP contribution in [0.25, 0.3) is 0 Å². The summed E-state index contributed by atoms with van der Waals surface area (Å²) < 4.78 is 100. The second-order valence-corrected chi connectivity index (χ2v) is 8.70. The number of amides is 1. The van der Waals surface area contributed by atoms with Crippen LogP contribution < -0.4 is 14.8 Å². The Morgan fingerprint density at radius 3 is 2.35 bits per heavy atom. The molecule has 0 atom stereocenters. The Kier molecular flexibility index (Phi) is 6.72. The number of hydrogen-bond acceptors (Lipinski definition) is 7. The molecule has 0 saturated heterocycles. The number of halogens is 5. The molecule has 0 aliphatic rings. The lowest BCUT2D eigenvalue weighted by atomic mass is 10.2. The van der Waals surface area contributed by atoms with Gasteiger partial charge in [0.1, 0.15) is 0 Å². The number of rotatable bonds is 6. The molecule has 8 nitrogen and oxygen atoms in total. The Hall–Kier alpha value is -3.81. The van der Waals surface area contributed by atoms with Crippen LogP contribution in [0, 0.1) is 11.6 Å². The monoisotopic (exact) mass is 503 g/mol. The van der Waals surface area contributed by atoms with Crippen molar-refractivity contribution in [2.24, 2.45) is 0 Å². The van der Waals surface area contributed by atoms with E-state index in [1.54, 1.807) is 0 Å². The molecule has 0 spiro atoms. The van der Waals surface area contributed by atoms with Crippen LogP contribution in [0.5, 0.6) is 17.2 Å². The highest BCUT2D eigenvalue weighted by Crippen LogP contribution is 2.38. The van der Waals surface area contributed by atoms with Crippen LogP contribution in [0.4, 0.5) is 27.6 Å². The molecule has 0 aliphatic carbocycles. The molecule has 1 heterocycles. The number of ether oxygens (including phenoxy) is 2. The second kappa shape index (κ2) is 9.21. The van der Waals surface area contributed by atoms with Crippen molar-refractivity contribution in [1.82, 2.24) is 10.2 Å². The van der Waals surface area contributed by atoms with E-state index in [1.165, 1.54) is 18.2 Å². The van der Waals surface area contributed by atoms with Gasteiger partial charge in [0.15, 0.2) is 38.5 Å². The minimum atomic E-state index is -4.97. The zero-order valence-corrected chi connectivity index (χ0v) is 18.1. The van der Waals surface area contributed by atoms with E-state index in [0.717, 1.165) is 25.5 Å². The Morgan fingerprint density at radius 2 is 1.74 bits per heavy atom. The Morgan fingerprint density at radius 1 is 1.03 bits per heavy atom. The van der Waals surface area contributed by atoms with Crippen LogP contribution in [0.2, 0.25) is 0 Å². The van der Waals surface area contributed by atoms with E-state index in [-0.39, 0.29) is 10.6 Å². The number of nitrogens with zero attached hydrogens (tertiary/aromatic N) is 2. The van der Waals surface area contributed by atoms with Crippen molar-refractivity contribution in [3.63, 3.8) is 0 Å². The lowest BCUT2D eigenvalue weighted by molar-refractivity contribution is -0.141. The number of nitrogens with one attached hydrogen (secondary N) is 1. The fourth-order valence-corrected chi connectivity index (χ4v) is 3.31. The number of hydrogen-bond donors (Lipinski definition) is 1. The van der Waals surface area contributed by atoms with E-state index in [2.05, 4.69) is 15.5 Å². The molecular weight excluding hydrogens is 489 g/mol. The van der Waals surface area contributed by atoms with E-state index >= 15 is 0 Å². The van der Waals surface area contributed by atoms with Crippen LogP contribution in [-0.4, -0.2) is 37.9 Å². The maximum Gasteiger partial charge on any atom is 0.435 e. The van der Waals surface area contributed by atoms with Crippen molar-refractivity contribution in [2.75, 3.05) is 18.7 Å². The van der Waals surface area contributed by atoms with Gasteiger partial charge in [-0.3, -0.25) is 4.79 Å². The molecule has 180 valence electrons. The molecule has 14 heteroatoms. The van der Waals surface area contributed by atoms with Gasteiger partial charge < -0.3 is 14.8 Å². The molecule has 0 aliphatic heterocycles. The smallest absolute Gasteiger partial charge is 0.435 e. The zero-order valence-electron chi connectivity index (χ0n) is 17.3. The van der Waals surface area contributed by atoms with E-state index in [4.69, 9.17) is 9.47 Å². The maximum absolute atomic E-state index is 14.0. The summed E-state index contributed by atoms with van der Waals surface area (Å²) in [5.74, 6) is -6.02. The molecule has 0 saturated carbocycles. The number of benzene rings is 2. The summed E-state index contributed by atoms with van der Waals surface area (Å²) in [7, 11) is -2.65. The standard InChI is InChI=1S/C20H14F5N3O5S/c1-32-18-13(7-6-12(21)16(18)22)33-14-9-15(20(23,24)25)27-28-17(14)19(29)26-10-4-3-5-11(8-10)34(2,30)31/h3-9H,1-2H3,(H,26,29). The molecule has 34 heavy (non-hydrogen) atoms. The minimum Gasteiger partial charge on any atom is -0.490 e. The first-order valence-electron chi connectivity index (χ1n) is 9.07. The quantitative estimate of drug-likeness (QED) is 0.502. The third kappa shape index (κ3) is 5.39. The predicted octanol–water partition coefficient (Wildman–Crippen LogP) is 4.23. The Balaban J connectivity index is 2.05. The number of alkyl halides is 3. The van der Waals surface area contributed by atoms with Gasteiger partial charge in [-0.1, -0.05) is 6.07 Å². The average Bonchev–Trinajstić information content (AvgIpc) is 2.75. The molecule has 3 aromatic rings. The molecule has 1 amide bonds. The van der Waals surface area contributed by atoms with Crippen molar-refractivity contribution in [3.8, 4) is 17.2 Å². The molecule has 0 bridgehead atoms. The van der Waals surface area contributed by atoms with Gasteiger partial charge in [-0.25, -0.2) is 12.8 Å². The van der Waals surface area contributed by atoms with Crippen LogP contribution >= 0.6 is 0 Å². The number of carbonyl (C=O) groups is 1. The third-order valence-electron chi connectivity index (χ3n) is 4.22. The van der Waals surface area contributed by atoms with Gasteiger partial charge in [0, 0.05) is 18.0 Å². The van der Waals surface area contributed by atoms with E-state index in [9.17, 15) is 35.2 Å². The zero-order chi connectivity index (χ0) is 25.3. The highest BCUT2D eigenvalue weighted by atomic mass is 32.2. The van der Waals surface area contributed by atoms with Crippen molar-refractivity contribution in [3.05, 3.63) is 65.5 Å². The number of anilines is 1. The molecule has 0 fully saturated rings. The topological polar surface area (TPSA) is 107 Å². The van der Waals surface area contributed by atoms with Crippen LogP contribution in [0.1, 0.15) is 16.2 Å². The van der Waals surface area contributed by atoms with E-state index in [1.807, 2.05) is 0 Å². The van der Waals surface area contributed by atoms with Gasteiger partial charge in [-0.15, -0.1) is 10.2 Å². The second-order valence-electron chi connectivity index (χ2n) is 6.69. The van der Waals surface area contributed by atoms with Crippen molar-refractivity contribution in [2.45, 2.75) is 11.1 Å². The molecular formula is C20H14F5N3O5S. The van der Waals surface area contributed by atoms with Gasteiger partial charge in [-0.05, 0) is 30.3 Å². The minimum absolute atomic E-state index is 0.0222. The summed E-state index contributed by atoms with van der Waals surface area (Å²) in [6.07, 6.45) is -4.03. The van der Waals surface area contributed by atoms with E-state index < -0.39 is 62.2 Å². The SMILES string of the molecule is COc1c(Oc2cc(C(F)(F)F)nnc2C(=O)Nc2cccc(S(C)(=O)=O)c2)ccc(F)c1F. The first-order chi connectivity index (χ1) is 15.8. The summed E-state index contributed by atoms with van der Waals surface area (Å²) in [4.78, 5) is 12.6. The fraction of sp³-hybridized carbons (Fsp3) is 0.150. The molecule has 1 N–H and O–H groups in total. The van der Waals surface area contributed by atoms with Gasteiger partial charge in [0.2, 0.25) is 11.6 Å². The van der Waals surface area contributed by atoms with Gasteiger partial charge >= 0.3 is 6.18 Å². The van der Waals surface area contributed by atoms with Gasteiger partial charge in [0.25, 0.3) is 5.91 Å². The maximum atomic E-state index is 14.0. The number of carbonyl (C=O) groups excluding carboxylic acids is 1. The van der Waals surface area contributed by atoms with Crippen LogP contribution in [0.3, 0.4) is 0 Å².